The largest absolute Gasteiger partial charge is 0.235 e. The molecule has 0 atom stereocenters. The Morgan fingerprint density at radius 2 is 2.45 bits per heavy atom. The fourth-order valence-electron chi connectivity index (χ4n) is 0.690. The lowest BCUT2D eigenvalue weighted by Crippen LogP contribution is -2.00. The van der Waals surface area contributed by atoms with Crippen LogP contribution in [0.3, 0.4) is 0 Å². The molecule has 0 aromatic carbocycles. The van der Waals surface area contributed by atoms with Crippen molar-refractivity contribution in [2.24, 2.45) is 0 Å². The minimum atomic E-state index is 0.546. The zero-order valence-electron chi connectivity index (χ0n) is 5.55. The smallest absolute Gasteiger partial charge is 0.184 e. The van der Waals surface area contributed by atoms with Crippen LogP contribution in [-0.2, 0) is 0 Å². The highest BCUT2D eigenvalue weighted by Crippen LogP contribution is 1.93. The van der Waals surface area contributed by atoms with Crippen molar-refractivity contribution >= 4 is 0 Å². The van der Waals surface area contributed by atoms with E-state index >= 15 is 0 Å². The van der Waals surface area contributed by atoms with Gasteiger partial charge in [-0.1, -0.05) is 0 Å². The Hall–Kier alpha value is -1.78. The summed E-state index contributed by atoms with van der Waals surface area (Å²) in [7, 11) is 0. The van der Waals surface area contributed by atoms with Crippen LogP contribution in [-0.4, -0.2) is 25.2 Å². The Morgan fingerprint density at radius 1 is 1.45 bits per heavy atom. The Labute approximate surface area is 62.7 Å². The standard InChI is InChI=1S/C6H4N5/c1-2-4-7-6(3-1)11-9-5-8-10-11/h1-2,4-5H. The van der Waals surface area contributed by atoms with Crippen LogP contribution in [0.1, 0.15) is 0 Å². The van der Waals surface area contributed by atoms with Crippen molar-refractivity contribution in [2.45, 2.75) is 0 Å². The fourth-order valence-corrected chi connectivity index (χ4v) is 0.690. The van der Waals surface area contributed by atoms with E-state index in [0.717, 1.165) is 0 Å². The molecule has 2 aromatic rings. The zero-order chi connectivity index (χ0) is 7.52. The highest BCUT2D eigenvalue weighted by molar-refractivity contribution is 5.14. The van der Waals surface area contributed by atoms with Crippen LogP contribution in [0, 0.1) is 6.07 Å². The number of tetrazole rings is 1. The van der Waals surface area contributed by atoms with Crippen molar-refractivity contribution in [3.63, 3.8) is 0 Å². The lowest BCUT2D eigenvalue weighted by Gasteiger charge is -1.92. The minimum Gasteiger partial charge on any atom is -0.235 e. The number of aromatic nitrogens is 5. The van der Waals surface area contributed by atoms with Gasteiger partial charge < -0.3 is 0 Å². The van der Waals surface area contributed by atoms with Gasteiger partial charge in [-0.15, -0.1) is 15.0 Å². The Kier molecular flexibility index (Phi) is 1.33. The van der Waals surface area contributed by atoms with Crippen molar-refractivity contribution in [1.29, 1.82) is 0 Å². The molecule has 0 saturated carbocycles. The summed E-state index contributed by atoms with van der Waals surface area (Å²) in [6.45, 7) is 0. The number of rotatable bonds is 1. The summed E-state index contributed by atoms with van der Waals surface area (Å²) in [6, 6.07) is 6.38. The van der Waals surface area contributed by atoms with Gasteiger partial charge in [0.1, 0.15) is 0 Å². The van der Waals surface area contributed by atoms with Gasteiger partial charge in [-0.05, 0) is 17.3 Å². The maximum Gasteiger partial charge on any atom is 0.184 e. The molecule has 2 heterocycles. The van der Waals surface area contributed by atoms with Crippen molar-refractivity contribution in [2.75, 3.05) is 0 Å². The van der Waals surface area contributed by atoms with E-state index in [-0.39, 0.29) is 0 Å². The predicted molar refractivity (Wildman–Crippen MR) is 35.8 cm³/mol. The molecule has 5 nitrogen and oxygen atoms in total. The van der Waals surface area contributed by atoms with E-state index in [1.54, 1.807) is 18.3 Å². The average Bonchev–Trinajstić information content (AvgIpc) is 2.58. The van der Waals surface area contributed by atoms with Crippen LogP contribution < -0.4 is 0 Å². The summed E-state index contributed by atoms with van der Waals surface area (Å²) in [5.74, 6) is 0.546. The van der Waals surface area contributed by atoms with Crippen LogP contribution in [0.25, 0.3) is 5.82 Å². The highest BCUT2D eigenvalue weighted by atomic mass is 15.6. The van der Waals surface area contributed by atoms with Crippen LogP contribution in [0.5, 0.6) is 0 Å². The molecule has 53 valence electrons. The first-order chi connectivity index (χ1) is 5.47. The molecule has 0 aliphatic carbocycles. The lowest BCUT2D eigenvalue weighted by atomic mass is 10.5. The molecule has 0 N–H and O–H groups in total. The Morgan fingerprint density at radius 3 is 3.09 bits per heavy atom. The normalized spacial score (nSPS) is 9.82. The maximum absolute atomic E-state index is 3.96. The molecule has 0 unspecified atom stereocenters. The number of hydrogen-bond acceptors (Lipinski definition) is 4. The average molecular weight is 146 g/mol. The molecule has 5 heteroatoms. The molecule has 0 aliphatic heterocycles. The van der Waals surface area contributed by atoms with Gasteiger partial charge in [-0.3, -0.25) is 0 Å². The Bertz CT molecular complexity index is 314. The van der Waals surface area contributed by atoms with Crippen molar-refractivity contribution in [3.8, 4) is 5.82 Å². The molecule has 2 aromatic heterocycles. The van der Waals surface area contributed by atoms with Crippen LogP contribution >= 0.6 is 0 Å². The summed E-state index contributed by atoms with van der Waals surface area (Å²) in [5, 5.41) is 11.0. The molecule has 0 spiro atoms. The third-order valence-electron chi connectivity index (χ3n) is 1.13. The van der Waals surface area contributed by atoms with Crippen molar-refractivity contribution < 1.29 is 0 Å². The summed E-state index contributed by atoms with van der Waals surface area (Å²) in [6.07, 6.45) is 3.00. The molecular formula is C6H4N5. The molecule has 2 rings (SSSR count). The summed E-state index contributed by atoms with van der Waals surface area (Å²) < 4.78 is 0. The van der Waals surface area contributed by atoms with Crippen molar-refractivity contribution in [3.05, 3.63) is 30.7 Å². The van der Waals surface area contributed by atoms with E-state index < -0.39 is 0 Å². The molecule has 0 aliphatic rings. The van der Waals surface area contributed by atoms with E-state index in [9.17, 15) is 0 Å². The quantitative estimate of drug-likeness (QED) is 0.561. The second-order valence-electron chi connectivity index (χ2n) is 1.83. The summed E-state index contributed by atoms with van der Waals surface area (Å²) >= 11 is 0. The minimum absolute atomic E-state index is 0.546. The third kappa shape index (κ3) is 1.07. The monoisotopic (exact) mass is 146 g/mol. The van der Waals surface area contributed by atoms with Gasteiger partial charge in [-0.2, -0.15) is 0 Å². The van der Waals surface area contributed by atoms with Gasteiger partial charge in [0.05, 0.1) is 0 Å². The van der Waals surface area contributed by atoms with Crippen LogP contribution in [0.2, 0.25) is 0 Å². The van der Waals surface area contributed by atoms with E-state index in [0.29, 0.717) is 5.82 Å². The van der Waals surface area contributed by atoms with E-state index in [1.807, 2.05) is 0 Å². The highest BCUT2D eigenvalue weighted by Gasteiger charge is 1.95. The maximum atomic E-state index is 3.96. The van der Waals surface area contributed by atoms with Crippen LogP contribution in [0.4, 0.5) is 0 Å². The molecule has 1 radical (unpaired) electrons. The second kappa shape index (κ2) is 2.45. The molecule has 0 bridgehead atoms. The van der Waals surface area contributed by atoms with Crippen LogP contribution in [0.15, 0.2) is 24.7 Å². The molecule has 0 saturated heterocycles. The topological polar surface area (TPSA) is 56.5 Å². The van der Waals surface area contributed by atoms with Gasteiger partial charge in [0, 0.05) is 12.3 Å². The molecule has 0 fully saturated rings. The van der Waals surface area contributed by atoms with Gasteiger partial charge in [-0.25, -0.2) is 4.98 Å². The van der Waals surface area contributed by atoms with Crippen molar-refractivity contribution in [1.82, 2.24) is 25.2 Å². The fraction of sp³-hybridized carbons (Fsp3) is 0. The number of pyridine rings is 1. The summed E-state index contributed by atoms with van der Waals surface area (Å²) in [4.78, 5) is 5.27. The van der Waals surface area contributed by atoms with E-state index in [4.69, 9.17) is 0 Å². The first-order valence-electron chi connectivity index (χ1n) is 3.03. The van der Waals surface area contributed by atoms with E-state index in [2.05, 4.69) is 26.5 Å². The number of nitrogens with zero attached hydrogens (tertiary/aromatic N) is 5. The number of hydrogen-bond donors (Lipinski definition) is 0. The zero-order valence-corrected chi connectivity index (χ0v) is 5.55. The first kappa shape index (κ1) is 5.96. The van der Waals surface area contributed by atoms with Gasteiger partial charge in [0.2, 0.25) is 0 Å². The van der Waals surface area contributed by atoms with Gasteiger partial charge >= 0.3 is 0 Å². The summed E-state index contributed by atoms with van der Waals surface area (Å²) in [5.41, 5.74) is 0. The third-order valence-corrected chi connectivity index (χ3v) is 1.13. The van der Waals surface area contributed by atoms with Gasteiger partial charge in [0.15, 0.2) is 12.1 Å². The first-order valence-corrected chi connectivity index (χ1v) is 3.03. The van der Waals surface area contributed by atoms with Gasteiger partial charge in [0.25, 0.3) is 0 Å². The SMILES string of the molecule is [c]1cccnc1-n1ncnn1. The molecule has 11 heavy (non-hydrogen) atoms. The molecular weight excluding hydrogens is 142 g/mol. The van der Waals surface area contributed by atoms with E-state index in [1.165, 1.54) is 11.1 Å². The second-order valence-corrected chi connectivity index (χ2v) is 1.83. The predicted octanol–water partition coefficient (Wildman–Crippen LogP) is -0.143. The Balaban J connectivity index is 2.46. The molecule has 0 amide bonds. The lowest BCUT2D eigenvalue weighted by molar-refractivity contribution is 0.699.